The minimum atomic E-state index is -2.84. The van der Waals surface area contributed by atoms with Gasteiger partial charge in [0.2, 0.25) is 0 Å². The Morgan fingerprint density at radius 3 is 2.64 bits per heavy atom. The van der Waals surface area contributed by atoms with E-state index in [0.29, 0.717) is 12.6 Å². The summed E-state index contributed by atoms with van der Waals surface area (Å²) in [6.45, 7) is -2.24. The number of fused-ring (bicyclic) bond motifs is 1. The molecule has 4 rings (SSSR count). The van der Waals surface area contributed by atoms with E-state index in [1.54, 1.807) is 12.1 Å². The van der Waals surface area contributed by atoms with Gasteiger partial charge >= 0.3 is 6.61 Å². The molecule has 3 N–H and O–H groups in total. The van der Waals surface area contributed by atoms with Gasteiger partial charge in [-0.1, -0.05) is 36.4 Å². The van der Waals surface area contributed by atoms with Gasteiger partial charge < -0.3 is 20.5 Å². The number of aliphatic imine (C=N–C) groups is 1. The Labute approximate surface area is 179 Å². The number of halogens is 3. The fraction of sp³-hybridized carbons (Fsp3) is 0.350. The summed E-state index contributed by atoms with van der Waals surface area (Å²) in [4.78, 5) is 4.61. The van der Waals surface area contributed by atoms with Crippen LogP contribution >= 0.6 is 24.0 Å². The zero-order chi connectivity index (χ0) is 18.8. The van der Waals surface area contributed by atoms with E-state index in [1.807, 2.05) is 36.4 Å². The molecule has 0 saturated heterocycles. The third-order valence-corrected chi connectivity index (χ3v) is 4.88. The van der Waals surface area contributed by atoms with E-state index >= 15 is 0 Å². The number of nitrogens with two attached hydrogens (primary N) is 1. The number of benzene rings is 2. The van der Waals surface area contributed by atoms with Crippen LogP contribution in [-0.2, 0) is 0 Å². The second-order valence-electron chi connectivity index (χ2n) is 6.71. The SMILES string of the molecule is I.NC(=NC1CCOc2ccccc21)N[C@H]1C[C@@H]1c1ccccc1OC(F)F. The fourth-order valence-corrected chi connectivity index (χ4v) is 3.54. The monoisotopic (exact) mass is 501 g/mol. The Balaban J connectivity index is 0.00000225. The van der Waals surface area contributed by atoms with Crippen LogP contribution in [0.3, 0.4) is 0 Å². The van der Waals surface area contributed by atoms with Crippen LogP contribution in [0.5, 0.6) is 11.5 Å². The first-order valence-corrected chi connectivity index (χ1v) is 8.97. The minimum absolute atomic E-state index is 0. The Kier molecular flexibility index (Phi) is 6.58. The van der Waals surface area contributed by atoms with E-state index in [9.17, 15) is 8.78 Å². The molecule has 1 unspecified atom stereocenters. The van der Waals surface area contributed by atoms with Crippen LogP contribution in [0.2, 0.25) is 0 Å². The number of alkyl halides is 2. The fourth-order valence-electron chi connectivity index (χ4n) is 3.54. The number of nitrogens with one attached hydrogen (secondary N) is 1. The summed E-state index contributed by atoms with van der Waals surface area (Å²) in [6.07, 6.45) is 1.56. The molecule has 0 radical (unpaired) electrons. The maximum Gasteiger partial charge on any atom is 0.387 e. The predicted octanol–water partition coefficient (Wildman–Crippen LogP) is 4.19. The maximum absolute atomic E-state index is 12.6. The smallest absolute Gasteiger partial charge is 0.387 e. The molecule has 8 heteroatoms. The molecule has 28 heavy (non-hydrogen) atoms. The summed E-state index contributed by atoms with van der Waals surface area (Å²) < 4.78 is 35.4. The standard InChI is InChI=1S/C20H21F2N3O2.HI/c21-19(22)27-18-8-4-1-5-12(18)14-11-16(14)25-20(23)24-15-9-10-26-17-7-3-2-6-13(15)17;/h1-8,14-16,19H,9-11H2,(H3,23,24,25);1H/t14-,15?,16+;/m1./s1. The van der Waals surface area contributed by atoms with Crippen molar-refractivity contribution in [3.8, 4) is 11.5 Å². The van der Waals surface area contributed by atoms with Crippen LogP contribution in [0.15, 0.2) is 53.5 Å². The van der Waals surface area contributed by atoms with Crippen molar-refractivity contribution in [2.75, 3.05) is 6.61 Å². The molecule has 1 aliphatic carbocycles. The van der Waals surface area contributed by atoms with Gasteiger partial charge in [-0.15, -0.1) is 24.0 Å². The van der Waals surface area contributed by atoms with Gasteiger partial charge in [-0.25, -0.2) is 4.99 Å². The van der Waals surface area contributed by atoms with Crippen LogP contribution in [0, 0.1) is 0 Å². The Bertz CT molecular complexity index is 850. The van der Waals surface area contributed by atoms with Crippen molar-refractivity contribution in [2.24, 2.45) is 10.7 Å². The highest BCUT2D eigenvalue weighted by Crippen LogP contribution is 2.45. The Morgan fingerprint density at radius 1 is 1.14 bits per heavy atom. The summed E-state index contributed by atoms with van der Waals surface area (Å²) in [7, 11) is 0. The average molecular weight is 501 g/mol. The zero-order valence-corrected chi connectivity index (χ0v) is 17.4. The molecule has 0 spiro atoms. The molecule has 2 aliphatic rings. The average Bonchev–Trinajstić information content (AvgIpc) is 3.40. The lowest BCUT2D eigenvalue weighted by Crippen LogP contribution is -2.35. The van der Waals surface area contributed by atoms with Crippen LogP contribution in [-0.4, -0.2) is 25.2 Å². The molecule has 0 amide bonds. The van der Waals surface area contributed by atoms with Gasteiger partial charge in [0, 0.05) is 23.9 Å². The van der Waals surface area contributed by atoms with Gasteiger partial charge in [0.05, 0.1) is 12.6 Å². The summed E-state index contributed by atoms with van der Waals surface area (Å²) in [5.41, 5.74) is 7.90. The highest BCUT2D eigenvalue weighted by Gasteiger charge is 2.41. The normalized spacial score (nSPS) is 23.2. The van der Waals surface area contributed by atoms with Crippen LogP contribution in [0.25, 0.3) is 0 Å². The molecule has 2 aromatic carbocycles. The topological polar surface area (TPSA) is 68.9 Å². The van der Waals surface area contributed by atoms with Gasteiger partial charge in [0.25, 0.3) is 0 Å². The van der Waals surface area contributed by atoms with E-state index in [0.717, 1.165) is 29.7 Å². The van der Waals surface area contributed by atoms with Gasteiger partial charge in [0.15, 0.2) is 5.96 Å². The first-order chi connectivity index (χ1) is 13.1. The first-order valence-electron chi connectivity index (χ1n) is 8.97. The van der Waals surface area contributed by atoms with Crippen molar-refractivity contribution < 1.29 is 18.3 Å². The number of para-hydroxylation sites is 2. The lowest BCUT2D eigenvalue weighted by Gasteiger charge is -2.23. The Hall–Kier alpha value is -2.10. The quantitative estimate of drug-likeness (QED) is 0.367. The van der Waals surface area contributed by atoms with Crippen molar-refractivity contribution >= 4 is 29.9 Å². The molecule has 150 valence electrons. The molecule has 0 aromatic heterocycles. The van der Waals surface area contributed by atoms with Crippen molar-refractivity contribution in [2.45, 2.75) is 37.5 Å². The predicted molar refractivity (Wildman–Crippen MR) is 114 cm³/mol. The number of hydrogen-bond acceptors (Lipinski definition) is 3. The second-order valence-corrected chi connectivity index (χ2v) is 6.71. The number of guanidine groups is 1. The van der Waals surface area contributed by atoms with Crippen molar-refractivity contribution in [3.05, 3.63) is 59.7 Å². The molecule has 1 aliphatic heterocycles. The van der Waals surface area contributed by atoms with Crippen molar-refractivity contribution in [1.82, 2.24) is 5.32 Å². The summed E-state index contributed by atoms with van der Waals surface area (Å²) in [5.74, 6) is 1.50. The highest BCUT2D eigenvalue weighted by atomic mass is 127. The minimum Gasteiger partial charge on any atom is -0.493 e. The third kappa shape index (κ3) is 4.65. The number of hydrogen-bond donors (Lipinski definition) is 2. The van der Waals surface area contributed by atoms with E-state index in [-0.39, 0.29) is 47.7 Å². The summed E-state index contributed by atoms with van der Waals surface area (Å²) >= 11 is 0. The van der Waals surface area contributed by atoms with E-state index in [1.165, 1.54) is 0 Å². The zero-order valence-electron chi connectivity index (χ0n) is 15.1. The van der Waals surface area contributed by atoms with Crippen LogP contribution < -0.4 is 20.5 Å². The van der Waals surface area contributed by atoms with E-state index in [4.69, 9.17) is 10.5 Å². The molecule has 1 heterocycles. The van der Waals surface area contributed by atoms with Crippen LogP contribution in [0.1, 0.15) is 35.9 Å². The van der Waals surface area contributed by atoms with Gasteiger partial charge in [-0.2, -0.15) is 8.78 Å². The molecular formula is C20H22F2IN3O2. The number of ether oxygens (including phenoxy) is 2. The molecule has 0 bridgehead atoms. The van der Waals surface area contributed by atoms with Gasteiger partial charge in [-0.05, 0) is 24.1 Å². The van der Waals surface area contributed by atoms with Gasteiger partial charge in [0.1, 0.15) is 11.5 Å². The highest BCUT2D eigenvalue weighted by molar-refractivity contribution is 14.0. The van der Waals surface area contributed by atoms with E-state index < -0.39 is 6.61 Å². The van der Waals surface area contributed by atoms with Crippen molar-refractivity contribution in [1.29, 1.82) is 0 Å². The molecule has 3 atom stereocenters. The van der Waals surface area contributed by atoms with Crippen molar-refractivity contribution in [3.63, 3.8) is 0 Å². The molecule has 1 fully saturated rings. The molecule has 1 saturated carbocycles. The largest absolute Gasteiger partial charge is 0.493 e. The van der Waals surface area contributed by atoms with Crippen LogP contribution in [0.4, 0.5) is 8.78 Å². The lowest BCUT2D eigenvalue weighted by atomic mass is 10.0. The summed E-state index contributed by atoms with van der Waals surface area (Å²) in [6, 6.07) is 14.7. The van der Waals surface area contributed by atoms with Gasteiger partial charge in [-0.3, -0.25) is 0 Å². The number of nitrogens with zero attached hydrogens (tertiary/aromatic N) is 1. The second kappa shape index (κ2) is 8.93. The molecule has 2 aromatic rings. The van der Waals surface area contributed by atoms with E-state index in [2.05, 4.69) is 15.0 Å². The first kappa shape index (κ1) is 20.6. The molecular weight excluding hydrogens is 479 g/mol. The maximum atomic E-state index is 12.6. The Morgan fingerprint density at radius 2 is 1.86 bits per heavy atom. The third-order valence-electron chi connectivity index (χ3n) is 4.88. The number of rotatable bonds is 5. The summed E-state index contributed by atoms with van der Waals surface area (Å²) in [5, 5.41) is 3.20. The lowest BCUT2D eigenvalue weighted by molar-refractivity contribution is -0.0504. The molecule has 5 nitrogen and oxygen atoms in total.